The Hall–Kier alpha value is 0.310. The Labute approximate surface area is 94.7 Å². The number of nitrogens with zero attached hydrogens (tertiary/aromatic N) is 1. The first-order valence-corrected chi connectivity index (χ1v) is 6.68. The van der Waals surface area contributed by atoms with Crippen molar-refractivity contribution in [2.75, 3.05) is 25.9 Å². The molecule has 0 aliphatic heterocycles. The molecule has 0 spiro atoms. The summed E-state index contributed by atoms with van der Waals surface area (Å²) in [4.78, 5) is 2.51. The van der Waals surface area contributed by atoms with E-state index in [1.165, 1.54) is 45.2 Å². The van der Waals surface area contributed by atoms with Gasteiger partial charge in [0.1, 0.15) is 0 Å². The van der Waals surface area contributed by atoms with E-state index in [1.807, 2.05) is 0 Å². The van der Waals surface area contributed by atoms with Gasteiger partial charge in [0.25, 0.3) is 0 Å². The zero-order valence-electron chi connectivity index (χ0n) is 9.71. The Kier molecular flexibility index (Phi) is 5.95. The van der Waals surface area contributed by atoms with E-state index in [4.69, 9.17) is 0 Å². The molecule has 1 unspecified atom stereocenters. The summed E-state index contributed by atoms with van der Waals surface area (Å²) in [7, 11) is 2.27. The molecule has 0 heterocycles. The molecule has 84 valence electrons. The van der Waals surface area contributed by atoms with Gasteiger partial charge in [-0.2, -0.15) is 12.6 Å². The summed E-state index contributed by atoms with van der Waals surface area (Å²) in [6.45, 7) is 4.82. The Balaban J connectivity index is 2.12. The van der Waals surface area contributed by atoms with Crippen molar-refractivity contribution in [3.05, 3.63) is 0 Å². The standard InChI is InChI=1S/C12H25NS/c1-3-5-12(10-14)9-13(2)8-11-6-4-7-11/h11-12,14H,3-10H2,1-2H3. The van der Waals surface area contributed by atoms with E-state index < -0.39 is 0 Å². The quantitative estimate of drug-likeness (QED) is 0.639. The first kappa shape index (κ1) is 12.4. The van der Waals surface area contributed by atoms with Crippen LogP contribution in [0.3, 0.4) is 0 Å². The van der Waals surface area contributed by atoms with Gasteiger partial charge in [0.15, 0.2) is 0 Å². The van der Waals surface area contributed by atoms with Crippen LogP contribution in [0.4, 0.5) is 0 Å². The lowest BCUT2D eigenvalue weighted by Crippen LogP contribution is -2.33. The van der Waals surface area contributed by atoms with Crippen LogP contribution < -0.4 is 0 Å². The van der Waals surface area contributed by atoms with Crippen molar-refractivity contribution in [3.8, 4) is 0 Å². The molecule has 14 heavy (non-hydrogen) atoms. The summed E-state index contributed by atoms with van der Waals surface area (Å²) in [6, 6.07) is 0. The van der Waals surface area contributed by atoms with Gasteiger partial charge in [-0.25, -0.2) is 0 Å². The molecule has 1 atom stereocenters. The van der Waals surface area contributed by atoms with Crippen molar-refractivity contribution >= 4 is 12.6 Å². The maximum atomic E-state index is 4.43. The van der Waals surface area contributed by atoms with Gasteiger partial charge in [-0.3, -0.25) is 0 Å². The van der Waals surface area contributed by atoms with Crippen LogP contribution in [0, 0.1) is 11.8 Å². The molecule has 0 saturated heterocycles. The van der Waals surface area contributed by atoms with Crippen molar-refractivity contribution in [2.24, 2.45) is 11.8 Å². The number of hydrogen-bond donors (Lipinski definition) is 1. The van der Waals surface area contributed by atoms with Crippen molar-refractivity contribution in [1.82, 2.24) is 4.90 Å². The van der Waals surface area contributed by atoms with Gasteiger partial charge in [-0.05, 0) is 43.9 Å². The summed E-state index contributed by atoms with van der Waals surface area (Å²) in [5.41, 5.74) is 0. The first-order valence-electron chi connectivity index (χ1n) is 6.05. The summed E-state index contributed by atoms with van der Waals surface area (Å²) in [5.74, 6) is 2.85. The van der Waals surface area contributed by atoms with Crippen LogP contribution in [0.1, 0.15) is 39.0 Å². The fraction of sp³-hybridized carbons (Fsp3) is 1.00. The van der Waals surface area contributed by atoms with Gasteiger partial charge in [-0.15, -0.1) is 0 Å². The number of rotatable bonds is 7. The molecule has 0 radical (unpaired) electrons. The highest BCUT2D eigenvalue weighted by Gasteiger charge is 2.20. The van der Waals surface area contributed by atoms with Gasteiger partial charge < -0.3 is 4.90 Å². The third-order valence-electron chi connectivity index (χ3n) is 3.32. The highest BCUT2D eigenvalue weighted by Crippen LogP contribution is 2.27. The van der Waals surface area contributed by atoms with Crippen LogP contribution in [0.2, 0.25) is 0 Å². The van der Waals surface area contributed by atoms with Crippen molar-refractivity contribution in [2.45, 2.75) is 39.0 Å². The van der Waals surface area contributed by atoms with Crippen LogP contribution >= 0.6 is 12.6 Å². The molecule has 2 heteroatoms. The van der Waals surface area contributed by atoms with Crippen LogP contribution in [-0.4, -0.2) is 30.8 Å². The summed E-state index contributed by atoms with van der Waals surface area (Å²) in [6.07, 6.45) is 7.01. The predicted molar refractivity (Wildman–Crippen MR) is 67.1 cm³/mol. The molecule has 1 aliphatic carbocycles. The monoisotopic (exact) mass is 215 g/mol. The fourth-order valence-electron chi connectivity index (χ4n) is 2.28. The lowest BCUT2D eigenvalue weighted by Gasteiger charge is -2.31. The van der Waals surface area contributed by atoms with Crippen molar-refractivity contribution in [1.29, 1.82) is 0 Å². The second-order valence-corrected chi connectivity index (χ2v) is 5.22. The molecule has 0 aromatic rings. The lowest BCUT2D eigenvalue weighted by molar-refractivity contribution is 0.187. The Morgan fingerprint density at radius 2 is 2.14 bits per heavy atom. The molecular formula is C12H25NS. The molecule has 0 N–H and O–H groups in total. The fourth-order valence-corrected chi connectivity index (χ4v) is 2.58. The van der Waals surface area contributed by atoms with Gasteiger partial charge in [0, 0.05) is 13.1 Å². The van der Waals surface area contributed by atoms with Crippen molar-refractivity contribution in [3.63, 3.8) is 0 Å². The van der Waals surface area contributed by atoms with Gasteiger partial charge in [0.05, 0.1) is 0 Å². The number of thiol groups is 1. The van der Waals surface area contributed by atoms with Crippen LogP contribution in [-0.2, 0) is 0 Å². The number of hydrogen-bond acceptors (Lipinski definition) is 2. The average Bonchev–Trinajstić information content (AvgIpc) is 2.11. The normalized spacial score (nSPS) is 19.7. The van der Waals surface area contributed by atoms with E-state index in [-0.39, 0.29) is 0 Å². The SMILES string of the molecule is CCCC(CS)CN(C)CC1CCC1. The van der Waals surface area contributed by atoms with Gasteiger partial charge in [0.2, 0.25) is 0 Å². The third-order valence-corrected chi connectivity index (χ3v) is 3.84. The smallest absolute Gasteiger partial charge is 0.00145 e. The molecule has 0 bridgehead atoms. The Morgan fingerprint density at radius 3 is 2.57 bits per heavy atom. The highest BCUT2D eigenvalue weighted by molar-refractivity contribution is 7.80. The molecule has 0 aromatic heterocycles. The highest BCUT2D eigenvalue weighted by atomic mass is 32.1. The average molecular weight is 215 g/mol. The van der Waals surface area contributed by atoms with E-state index in [9.17, 15) is 0 Å². The molecule has 1 fully saturated rings. The van der Waals surface area contributed by atoms with Gasteiger partial charge >= 0.3 is 0 Å². The topological polar surface area (TPSA) is 3.24 Å². The minimum atomic E-state index is 0.799. The molecular weight excluding hydrogens is 190 g/mol. The van der Waals surface area contributed by atoms with Crippen molar-refractivity contribution < 1.29 is 0 Å². The lowest BCUT2D eigenvalue weighted by atomic mass is 9.85. The molecule has 1 saturated carbocycles. The van der Waals surface area contributed by atoms with Gasteiger partial charge in [-0.1, -0.05) is 19.8 Å². The zero-order chi connectivity index (χ0) is 10.4. The van der Waals surface area contributed by atoms with E-state index in [0.717, 1.165) is 17.6 Å². The maximum absolute atomic E-state index is 4.43. The van der Waals surface area contributed by atoms with E-state index >= 15 is 0 Å². The third kappa shape index (κ3) is 4.22. The largest absolute Gasteiger partial charge is 0.306 e. The Bertz CT molecular complexity index is 145. The minimum absolute atomic E-state index is 0.799. The van der Waals surface area contributed by atoms with E-state index in [0.29, 0.717) is 0 Å². The van der Waals surface area contributed by atoms with E-state index in [2.05, 4.69) is 31.5 Å². The van der Waals surface area contributed by atoms with Crippen LogP contribution in [0.15, 0.2) is 0 Å². The second-order valence-electron chi connectivity index (χ2n) is 4.86. The molecule has 1 aliphatic rings. The first-order chi connectivity index (χ1) is 6.76. The van der Waals surface area contributed by atoms with E-state index in [1.54, 1.807) is 0 Å². The second kappa shape index (κ2) is 6.73. The minimum Gasteiger partial charge on any atom is -0.306 e. The maximum Gasteiger partial charge on any atom is 0.00145 e. The predicted octanol–water partition coefficient (Wildman–Crippen LogP) is 3.06. The molecule has 1 nitrogen and oxygen atoms in total. The molecule has 0 amide bonds. The Morgan fingerprint density at radius 1 is 1.43 bits per heavy atom. The molecule has 0 aromatic carbocycles. The van der Waals surface area contributed by atoms with Crippen LogP contribution in [0.5, 0.6) is 0 Å². The zero-order valence-corrected chi connectivity index (χ0v) is 10.6. The van der Waals surface area contributed by atoms with Crippen LogP contribution in [0.25, 0.3) is 0 Å². The molecule has 1 rings (SSSR count). The summed E-state index contributed by atoms with van der Waals surface area (Å²) in [5, 5.41) is 0. The summed E-state index contributed by atoms with van der Waals surface area (Å²) >= 11 is 4.43. The summed E-state index contributed by atoms with van der Waals surface area (Å²) < 4.78 is 0.